The maximum Gasteiger partial charge on any atom is 0.0840 e. The highest BCUT2D eigenvalue weighted by Crippen LogP contribution is 2.37. The summed E-state index contributed by atoms with van der Waals surface area (Å²) in [5.74, 6) is 0. The number of nitrogens with zero attached hydrogens (tertiary/aromatic N) is 1. The van der Waals surface area contributed by atoms with E-state index in [-0.39, 0.29) is 11.7 Å². The van der Waals surface area contributed by atoms with Gasteiger partial charge in [0.05, 0.1) is 24.9 Å². The second-order valence-corrected chi connectivity index (χ2v) is 8.78. The van der Waals surface area contributed by atoms with Crippen molar-refractivity contribution < 1.29 is 9.47 Å². The van der Waals surface area contributed by atoms with E-state index in [1.165, 1.54) is 15.3 Å². The molecule has 0 N–H and O–H groups in total. The van der Waals surface area contributed by atoms with Gasteiger partial charge in [0, 0.05) is 35.8 Å². The van der Waals surface area contributed by atoms with Crippen LogP contribution < -0.4 is 0 Å². The summed E-state index contributed by atoms with van der Waals surface area (Å²) in [5, 5.41) is 0. The van der Waals surface area contributed by atoms with Crippen molar-refractivity contribution in [2.45, 2.75) is 51.0 Å². The molecule has 0 radical (unpaired) electrons. The van der Waals surface area contributed by atoms with Gasteiger partial charge in [0.2, 0.25) is 0 Å². The quantitative estimate of drug-likeness (QED) is 0.792. The zero-order valence-corrected chi connectivity index (χ0v) is 15.8. The zero-order chi connectivity index (χ0) is 17.1. The minimum atomic E-state index is 0.0588. The van der Waals surface area contributed by atoms with Gasteiger partial charge in [-0.2, -0.15) is 0 Å². The van der Waals surface area contributed by atoms with Crippen LogP contribution in [0.5, 0.6) is 0 Å². The van der Waals surface area contributed by atoms with Crippen LogP contribution in [0.25, 0.3) is 0 Å². The molecule has 1 aromatic carbocycles. The third-order valence-electron chi connectivity index (χ3n) is 5.45. The summed E-state index contributed by atoms with van der Waals surface area (Å²) in [5.41, 5.74) is 1.30. The number of rotatable bonds is 5. The van der Waals surface area contributed by atoms with Crippen LogP contribution in [0.4, 0.5) is 0 Å². The number of benzene rings is 1. The van der Waals surface area contributed by atoms with Gasteiger partial charge >= 0.3 is 0 Å². The molecule has 0 amide bonds. The van der Waals surface area contributed by atoms with Crippen molar-refractivity contribution in [1.29, 1.82) is 0 Å². The average molecular weight is 358 g/mol. The molecule has 4 rings (SSSR count). The van der Waals surface area contributed by atoms with Crippen molar-refractivity contribution in [3.8, 4) is 0 Å². The normalized spacial score (nSPS) is 23.3. The monoisotopic (exact) mass is 357 g/mol. The second kappa shape index (κ2) is 7.58. The Bertz CT molecular complexity index is 676. The van der Waals surface area contributed by atoms with Gasteiger partial charge in [0.25, 0.3) is 0 Å². The predicted octanol–water partition coefficient (Wildman–Crippen LogP) is 4.40. The maximum atomic E-state index is 6.24. The molecule has 25 heavy (non-hydrogen) atoms. The Morgan fingerprint density at radius 3 is 2.68 bits per heavy atom. The number of hydrogen-bond donors (Lipinski definition) is 0. The Labute approximate surface area is 154 Å². The highest BCUT2D eigenvalue weighted by atomic mass is 32.1. The number of piperidine rings is 1. The van der Waals surface area contributed by atoms with E-state index < -0.39 is 0 Å². The smallest absolute Gasteiger partial charge is 0.0840 e. The van der Waals surface area contributed by atoms with Crippen molar-refractivity contribution in [2.75, 3.05) is 19.7 Å². The van der Waals surface area contributed by atoms with Gasteiger partial charge in [0.1, 0.15) is 0 Å². The fourth-order valence-electron chi connectivity index (χ4n) is 3.96. The largest absolute Gasteiger partial charge is 0.372 e. The van der Waals surface area contributed by atoms with Gasteiger partial charge < -0.3 is 9.47 Å². The summed E-state index contributed by atoms with van der Waals surface area (Å²) in [4.78, 5) is 5.45. The summed E-state index contributed by atoms with van der Waals surface area (Å²) in [6, 6.07) is 14.9. The lowest BCUT2D eigenvalue weighted by Gasteiger charge is -2.38. The lowest BCUT2D eigenvalue weighted by atomic mass is 9.88. The van der Waals surface area contributed by atoms with Crippen molar-refractivity contribution >= 4 is 11.3 Å². The van der Waals surface area contributed by atoms with E-state index in [0.29, 0.717) is 6.61 Å². The van der Waals surface area contributed by atoms with Crippen molar-refractivity contribution in [1.82, 2.24) is 4.90 Å². The zero-order valence-electron chi connectivity index (χ0n) is 14.9. The number of aryl methyl sites for hydroxylation is 1. The van der Waals surface area contributed by atoms with Gasteiger partial charge in [-0.25, -0.2) is 0 Å². The molecule has 1 spiro atoms. The van der Waals surface area contributed by atoms with Gasteiger partial charge in [-0.05, 0) is 37.5 Å². The molecule has 1 aromatic heterocycles. The molecule has 2 aromatic rings. The maximum absolute atomic E-state index is 6.24. The summed E-state index contributed by atoms with van der Waals surface area (Å²) in [7, 11) is 0. The van der Waals surface area contributed by atoms with E-state index in [2.05, 4.69) is 48.2 Å². The molecule has 1 atom stereocenters. The van der Waals surface area contributed by atoms with Crippen molar-refractivity contribution in [2.24, 2.45) is 0 Å². The molecule has 2 aliphatic rings. The molecule has 3 heterocycles. The molecule has 3 nitrogen and oxygen atoms in total. The predicted molar refractivity (Wildman–Crippen MR) is 102 cm³/mol. The first kappa shape index (κ1) is 17.2. The van der Waals surface area contributed by atoms with E-state index in [1.807, 2.05) is 17.4 Å². The first-order valence-corrected chi connectivity index (χ1v) is 10.1. The standard InChI is InChI=1S/C21H27NO2S/c1-17-7-8-20(25-17)14-22-11-9-21(10-12-22)13-19(16-24-21)23-15-18-5-3-2-4-6-18/h2-8,19H,9-16H2,1H3. The fourth-order valence-corrected chi connectivity index (χ4v) is 4.89. The third-order valence-corrected chi connectivity index (χ3v) is 6.43. The Morgan fingerprint density at radius 2 is 1.96 bits per heavy atom. The molecular weight excluding hydrogens is 330 g/mol. The van der Waals surface area contributed by atoms with Gasteiger partial charge in [-0.15, -0.1) is 11.3 Å². The second-order valence-electron chi connectivity index (χ2n) is 7.41. The molecule has 0 saturated carbocycles. The van der Waals surface area contributed by atoms with Gasteiger partial charge in [-0.1, -0.05) is 30.3 Å². The summed E-state index contributed by atoms with van der Waals surface area (Å²) < 4.78 is 12.3. The van der Waals surface area contributed by atoms with E-state index in [4.69, 9.17) is 9.47 Å². The molecule has 1 unspecified atom stereocenters. The molecule has 4 heteroatoms. The lowest BCUT2D eigenvalue weighted by Crippen LogP contribution is -2.43. The lowest BCUT2D eigenvalue weighted by molar-refractivity contribution is -0.0467. The van der Waals surface area contributed by atoms with E-state index >= 15 is 0 Å². The van der Waals surface area contributed by atoms with E-state index in [9.17, 15) is 0 Å². The van der Waals surface area contributed by atoms with Gasteiger partial charge in [-0.3, -0.25) is 4.90 Å². The van der Waals surface area contributed by atoms with Gasteiger partial charge in [0.15, 0.2) is 0 Å². The summed E-state index contributed by atoms with van der Waals surface area (Å²) in [6.07, 6.45) is 3.54. The van der Waals surface area contributed by atoms with Crippen LogP contribution in [0, 0.1) is 6.92 Å². The molecule has 2 saturated heterocycles. The van der Waals surface area contributed by atoms with Crippen molar-refractivity contribution in [3.63, 3.8) is 0 Å². The van der Waals surface area contributed by atoms with E-state index in [0.717, 1.165) is 45.5 Å². The topological polar surface area (TPSA) is 21.7 Å². The Balaban J connectivity index is 1.24. The molecular formula is C21H27NO2S. The minimum absolute atomic E-state index is 0.0588. The SMILES string of the molecule is Cc1ccc(CN2CCC3(CC2)CC(OCc2ccccc2)CO3)s1. The van der Waals surface area contributed by atoms with Crippen LogP contribution >= 0.6 is 11.3 Å². The Kier molecular flexibility index (Phi) is 5.23. The van der Waals surface area contributed by atoms with Crippen molar-refractivity contribution in [3.05, 3.63) is 57.8 Å². The third kappa shape index (κ3) is 4.32. The van der Waals surface area contributed by atoms with E-state index in [1.54, 1.807) is 0 Å². The molecule has 0 bridgehead atoms. The fraction of sp³-hybridized carbons (Fsp3) is 0.524. The van der Waals surface area contributed by atoms with Crippen LogP contribution in [0.2, 0.25) is 0 Å². The highest BCUT2D eigenvalue weighted by Gasteiger charge is 2.43. The number of likely N-dealkylation sites (tertiary alicyclic amines) is 1. The van der Waals surface area contributed by atoms with Crippen LogP contribution in [0.1, 0.15) is 34.6 Å². The minimum Gasteiger partial charge on any atom is -0.372 e. The van der Waals surface area contributed by atoms with Crippen LogP contribution in [0.3, 0.4) is 0 Å². The van der Waals surface area contributed by atoms with Crippen LogP contribution in [0.15, 0.2) is 42.5 Å². The Morgan fingerprint density at radius 1 is 1.16 bits per heavy atom. The Hall–Kier alpha value is -1.20. The van der Waals surface area contributed by atoms with Crippen LogP contribution in [-0.2, 0) is 22.6 Å². The molecule has 2 aliphatic heterocycles. The average Bonchev–Trinajstić information content (AvgIpc) is 3.23. The number of hydrogen-bond acceptors (Lipinski definition) is 4. The molecule has 2 fully saturated rings. The first-order valence-electron chi connectivity index (χ1n) is 9.28. The molecule has 134 valence electrons. The van der Waals surface area contributed by atoms with Crippen LogP contribution in [-0.4, -0.2) is 36.3 Å². The first-order chi connectivity index (χ1) is 12.2. The summed E-state index contributed by atoms with van der Waals surface area (Å²) in [6.45, 7) is 6.96. The summed E-state index contributed by atoms with van der Waals surface area (Å²) >= 11 is 1.92. The number of ether oxygens (including phenoxy) is 2. The highest BCUT2D eigenvalue weighted by molar-refractivity contribution is 7.11. The number of thiophene rings is 1. The molecule has 0 aliphatic carbocycles.